The van der Waals surface area contributed by atoms with E-state index in [-0.39, 0.29) is 0 Å². The first-order valence-electron chi connectivity index (χ1n) is 20.9. The first kappa shape index (κ1) is 36.9. The Morgan fingerprint density at radius 1 is 0.312 bits per heavy atom. The maximum atomic E-state index is 6.72. The third kappa shape index (κ3) is 6.65. The Bertz CT molecular complexity index is 3430. The lowest BCUT2D eigenvalue weighted by Gasteiger charge is -2.13. The molecule has 0 bridgehead atoms. The first-order chi connectivity index (χ1) is 31.7. The van der Waals surface area contributed by atoms with Gasteiger partial charge < -0.3 is 9.47 Å². The van der Waals surface area contributed by atoms with Crippen molar-refractivity contribution in [3.05, 3.63) is 213 Å². The third-order valence-electron chi connectivity index (χ3n) is 11.6. The minimum Gasteiger partial charge on any atom is -0.457 e. The maximum Gasteiger partial charge on any atom is 0.162 e. The molecule has 0 spiro atoms. The second-order valence-corrected chi connectivity index (χ2v) is 15.5. The van der Waals surface area contributed by atoms with E-state index in [1.54, 1.807) is 0 Å². The molecule has 0 radical (unpaired) electrons. The maximum absolute atomic E-state index is 6.72. The zero-order valence-electron chi connectivity index (χ0n) is 34.2. The molecule has 9 heteroatoms. The molecule has 0 amide bonds. The Morgan fingerprint density at radius 3 is 1.23 bits per heavy atom. The Kier molecular flexibility index (Phi) is 8.93. The van der Waals surface area contributed by atoms with Crippen LogP contribution in [0.4, 0.5) is 0 Å². The number of ether oxygens (including phenoxy) is 2. The Hall–Kier alpha value is -8.95. The van der Waals surface area contributed by atoms with Crippen LogP contribution in [0.25, 0.3) is 88.9 Å². The van der Waals surface area contributed by atoms with E-state index in [1.165, 1.54) is 12.7 Å². The van der Waals surface area contributed by atoms with Gasteiger partial charge in [0.2, 0.25) is 0 Å². The van der Waals surface area contributed by atoms with E-state index in [0.29, 0.717) is 34.4 Å². The molecule has 0 aliphatic carbocycles. The normalized spacial score (nSPS) is 11.4. The van der Waals surface area contributed by atoms with E-state index in [0.717, 1.165) is 77.5 Å². The van der Waals surface area contributed by atoms with Gasteiger partial charge >= 0.3 is 0 Å². The van der Waals surface area contributed by atoms with Gasteiger partial charge in [0, 0.05) is 68.8 Å². The summed E-state index contributed by atoms with van der Waals surface area (Å²) >= 11 is 0. The molecule has 5 aromatic heterocycles. The highest BCUT2D eigenvalue weighted by Gasteiger charge is 2.18. The summed E-state index contributed by atoms with van der Waals surface area (Å²) in [6.07, 6.45) is 6.82. The molecule has 5 heterocycles. The minimum atomic E-state index is 0.492. The highest BCUT2D eigenvalue weighted by atomic mass is 16.5. The van der Waals surface area contributed by atoms with Crippen LogP contribution in [0.5, 0.6) is 23.0 Å². The van der Waals surface area contributed by atoms with Crippen molar-refractivity contribution in [2.45, 2.75) is 0 Å². The standard InChI is InChI=1S/C55H35N7O2/c1-3-11-36(12-4-1)38-19-25-53(57-32-38)61-49-17-9-7-15-45(49)47-23-21-41(30-51(47)61)63-43-27-40(55-59-34-56-35-60-55)28-44(29-43)64-42-22-24-48-46-16-8-10-18-50(46)62(52(48)31-42)54-26-20-39(33-58-54)37-13-5-2-6-14-37/h1-35H. The first-order valence-corrected chi connectivity index (χ1v) is 20.9. The molecule has 0 unspecified atom stereocenters. The minimum absolute atomic E-state index is 0.492. The van der Waals surface area contributed by atoms with Crippen LogP contribution in [0.2, 0.25) is 0 Å². The molecular weight excluding hydrogens is 791 g/mol. The SMILES string of the molecule is c1ccc(-c2ccc(-n3c4ccccc4c4ccc(Oc5cc(Oc6ccc7c8ccccc8n(-c8ccc(-c9ccccc9)cn8)c7c6)cc(-c6ncncn6)c5)cc43)nc2)cc1. The van der Waals surface area contributed by atoms with Gasteiger partial charge in [-0.1, -0.05) is 97.1 Å². The number of pyridine rings is 2. The second-order valence-electron chi connectivity index (χ2n) is 15.5. The molecule has 7 aromatic carbocycles. The predicted octanol–water partition coefficient (Wildman–Crippen LogP) is 13.4. The van der Waals surface area contributed by atoms with Crippen molar-refractivity contribution in [1.82, 2.24) is 34.1 Å². The number of para-hydroxylation sites is 2. The van der Waals surface area contributed by atoms with E-state index < -0.39 is 0 Å². The molecule has 12 rings (SSSR count). The monoisotopic (exact) mass is 825 g/mol. The lowest BCUT2D eigenvalue weighted by Crippen LogP contribution is -1.98. The Labute approximate surface area is 367 Å². The summed E-state index contributed by atoms with van der Waals surface area (Å²) in [5.74, 6) is 4.52. The summed E-state index contributed by atoms with van der Waals surface area (Å²) in [7, 11) is 0. The quantitative estimate of drug-likeness (QED) is 0.143. The molecule has 64 heavy (non-hydrogen) atoms. The fourth-order valence-electron chi connectivity index (χ4n) is 8.64. The van der Waals surface area contributed by atoms with Gasteiger partial charge in [0.05, 0.1) is 22.1 Å². The van der Waals surface area contributed by atoms with Crippen molar-refractivity contribution in [2.24, 2.45) is 0 Å². The largest absolute Gasteiger partial charge is 0.457 e. The highest BCUT2D eigenvalue weighted by molar-refractivity contribution is 6.10. The van der Waals surface area contributed by atoms with Gasteiger partial charge in [0.1, 0.15) is 47.3 Å². The molecule has 0 saturated carbocycles. The summed E-state index contributed by atoms with van der Waals surface area (Å²) in [6.45, 7) is 0. The molecule has 0 N–H and O–H groups in total. The van der Waals surface area contributed by atoms with Crippen LogP contribution in [0.3, 0.4) is 0 Å². The molecule has 0 atom stereocenters. The number of benzene rings is 7. The molecular formula is C55H35N7O2. The number of hydrogen-bond donors (Lipinski definition) is 0. The molecule has 0 aliphatic rings. The number of hydrogen-bond acceptors (Lipinski definition) is 7. The van der Waals surface area contributed by atoms with Crippen molar-refractivity contribution in [2.75, 3.05) is 0 Å². The summed E-state index contributed by atoms with van der Waals surface area (Å²) in [4.78, 5) is 22.9. The van der Waals surface area contributed by atoms with Gasteiger partial charge in [-0.25, -0.2) is 24.9 Å². The smallest absolute Gasteiger partial charge is 0.162 e. The topological polar surface area (TPSA) is 92.8 Å². The third-order valence-corrected chi connectivity index (χ3v) is 11.6. The predicted molar refractivity (Wildman–Crippen MR) is 253 cm³/mol. The molecule has 12 aromatic rings. The zero-order valence-corrected chi connectivity index (χ0v) is 34.2. The molecule has 9 nitrogen and oxygen atoms in total. The molecule has 302 valence electrons. The van der Waals surface area contributed by atoms with Crippen LogP contribution in [0, 0.1) is 0 Å². The fraction of sp³-hybridized carbons (Fsp3) is 0. The highest BCUT2D eigenvalue weighted by Crippen LogP contribution is 2.39. The van der Waals surface area contributed by atoms with Crippen LogP contribution in [0.15, 0.2) is 213 Å². The van der Waals surface area contributed by atoms with Crippen molar-refractivity contribution in [1.29, 1.82) is 0 Å². The van der Waals surface area contributed by atoms with Gasteiger partial charge in [-0.3, -0.25) is 9.13 Å². The lowest BCUT2D eigenvalue weighted by atomic mass is 10.1. The average molecular weight is 826 g/mol. The van der Waals surface area contributed by atoms with Crippen LogP contribution < -0.4 is 9.47 Å². The van der Waals surface area contributed by atoms with Gasteiger partial charge in [-0.2, -0.15) is 0 Å². The van der Waals surface area contributed by atoms with Crippen molar-refractivity contribution < 1.29 is 9.47 Å². The summed E-state index contributed by atoms with van der Waals surface area (Å²) in [5, 5.41) is 4.44. The summed E-state index contributed by atoms with van der Waals surface area (Å²) in [5.41, 5.74) is 9.10. The Morgan fingerprint density at radius 2 is 0.766 bits per heavy atom. The van der Waals surface area contributed by atoms with E-state index in [1.807, 2.05) is 79.1 Å². The van der Waals surface area contributed by atoms with Gasteiger partial charge in [0.25, 0.3) is 0 Å². The number of rotatable bonds is 9. The van der Waals surface area contributed by atoms with Crippen LogP contribution in [-0.2, 0) is 0 Å². The number of fused-ring (bicyclic) bond motifs is 6. The van der Waals surface area contributed by atoms with Crippen LogP contribution in [-0.4, -0.2) is 34.1 Å². The summed E-state index contributed by atoms with van der Waals surface area (Å²) < 4.78 is 17.8. The summed E-state index contributed by atoms with van der Waals surface area (Å²) in [6, 6.07) is 63.7. The fourth-order valence-corrected chi connectivity index (χ4v) is 8.64. The van der Waals surface area contributed by atoms with Gasteiger partial charge in [-0.15, -0.1) is 0 Å². The molecule has 0 aliphatic heterocycles. The number of nitrogens with zero attached hydrogens (tertiary/aromatic N) is 7. The zero-order chi connectivity index (χ0) is 42.4. The lowest BCUT2D eigenvalue weighted by molar-refractivity contribution is 0.461. The van der Waals surface area contributed by atoms with Crippen molar-refractivity contribution >= 4 is 43.6 Å². The van der Waals surface area contributed by atoms with E-state index in [4.69, 9.17) is 19.4 Å². The van der Waals surface area contributed by atoms with Gasteiger partial charge in [-0.05, 0) is 83.9 Å². The second kappa shape index (κ2) is 15.5. The van der Waals surface area contributed by atoms with E-state index in [9.17, 15) is 0 Å². The molecule has 0 fully saturated rings. The van der Waals surface area contributed by atoms with Crippen molar-refractivity contribution in [3.63, 3.8) is 0 Å². The Balaban J connectivity index is 0.921. The van der Waals surface area contributed by atoms with E-state index >= 15 is 0 Å². The molecule has 0 saturated heterocycles. The average Bonchev–Trinajstić information content (AvgIpc) is 3.87. The van der Waals surface area contributed by atoms with Crippen LogP contribution in [0.1, 0.15) is 0 Å². The van der Waals surface area contributed by atoms with E-state index in [2.05, 4.69) is 145 Å². The number of aromatic nitrogens is 7. The van der Waals surface area contributed by atoms with Crippen LogP contribution >= 0.6 is 0 Å². The van der Waals surface area contributed by atoms with Gasteiger partial charge in [0.15, 0.2) is 5.82 Å². The van der Waals surface area contributed by atoms with Crippen molar-refractivity contribution in [3.8, 4) is 68.3 Å².